The minimum Gasteiger partial charge on any atom is -0.494 e. The lowest BCUT2D eigenvalue weighted by Gasteiger charge is -2.16. The minimum atomic E-state index is -0.677. The van der Waals surface area contributed by atoms with Crippen LogP contribution in [-0.2, 0) is 9.53 Å². The molecular formula is C22H26N2O4S. The quantitative estimate of drug-likeness (QED) is 0.470. The van der Waals surface area contributed by atoms with E-state index in [1.165, 1.54) is 22.2 Å². The van der Waals surface area contributed by atoms with Crippen LogP contribution in [0, 0.1) is 0 Å². The van der Waals surface area contributed by atoms with Gasteiger partial charge in [0.1, 0.15) is 16.6 Å². The lowest BCUT2D eigenvalue weighted by Crippen LogP contribution is -2.31. The van der Waals surface area contributed by atoms with E-state index in [0.717, 1.165) is 29.7 Å². The van der Waals surface area contributed by atoms with Crippen molar-refractivity contribution in [3.8, 4) is 16.9 Å². The van der Waals surface area contributed by atoms with Gasteiger partial charge in [-0.25, -0.2) is 9.78 Å². The van der Waals surface area contributed by atoms with E-state index in [4.69, 9.17) is 9.47 Å². The molecular weight excluding hydrogens is 388 g/mol. The lowest BCUT2D eigenvalue weighted by molar-refractivity contribution is -0.147. The van der Waals surface area contributed by atoms with Crippen LogP contribution in [0.4, 0.5) is 0 Å². The summed E-state index contributed by atoms with van der Waals surface area (Å²) in [6.45, 7) is 6.87. The third-order valence-electron chi connectivity index (χ3n) is 4.60. The number of rotatable bonds is 9. The molecule has 0 aliphatic rings. The molecule has 2 aromatic heterocycles. The molecule has 6 nitrogen and oxygen atoms in total. The Balaban J connectivity index is 2.00. The smallest absolute Gasteiger partial charge is 0.329 e. The van der Waals surface area contributed by atoms with Crippen molar-refractivity contribution in [1.82, 2.24) is 9.55 Å². The topological polar surface area (TPSA) is 70.4 Å². The maximum atomic E-state index is 13.3. The molecule has 1 aromatic carbocycles. The van der Waals surface area contributed by atoms with Crippen LogP contribution in [-0.4, -0.2) is 28.7 Å². The molecule has 0 saturated heterocycles. The van der Waals surface area contributed by atoms with Crippen LogP contribution in [0.15, 0.2) is 40.8 Å². The molecule has 154 valence electrons. The molecule has 1 atom stereocenters. The summed E-state index contributed by atoms with van der Waals surface area (Å²) in [7, 11) is 0. The Morgan fingerprint density at radius 3 is 2.52 bits per heavy atom. The van der Waals surface area contributed by atoms with E-state index in [0.29, 0.717) is 29.9 Å². The number of carbonyl (C=O) groups is 1. The molecule has 0 N–H and O–H groups in total. The summed E-state index contributed by atoms with van der Waals surface area (Å²) in [4.78, 5) is 30.8. The zero-order chi connectivity index (χ0) is 20.8. The Morgan fingerprint density at radius 2 is 1.86 bits per heavy atom. The van der Waals surface area contributed by atoms with Gasteiger partial charge in [-0.15, -0.1) is 11.3 Å². The van der Waals surface area contributed by atoms with E-state index in [-0.39, 0.29) is 5.56 Å². The van der Waals surface area contributed by atoms with Gasteiger partial charge in [0.05, 0.1) is 24.9 Å². The molecule has 0 bridgehead atoms. The van der Waals surface area contributed by atoms with Crippen LogP contribution in [0.25, 0.3) is 21.3 Å². The van der Waals surface area contributed by atoms with Gasteiger partial charge in [0.25, 0.3) is 5.56 Å². The maximum Gasteiger partial charge on any atom is 0.329 e. The summed E-state index contributed by atoms with van der Waals surface area (Å²) in [5.41, 5.74) is 1.51. The summed E-state index contributed by atoms with van der Waals surface area (Å²) in [6.07, 6.45) is 3.59. The molecule has 0 spiro atoms. The van der Waals surface area contributed by atoms with Gasteiger partial charge in [0, 0.05) is 10.9 Å². The van der Waals surface area contributed by atoms with Gasteiger partial charge in [-0.1, -0.05) is 32.9 Å². The predicted molar refractivity (Wildman–Crippen MR) is 116 cm³/mol. The fourth-order valence-electron chi connectivity index (χ4n) is 3.11. The van der Waals surface area contributed by atoms with Crippen molar-refractivity contribution in [3.05, 3.63) is 46.3 Å². The zero-order valence-electron chi connectivity index (χ0n) is 17.0. The lowest BCUT2D eigenvalue weighted by atomic mass is 10.1. The first-order chi connectivity index (χ1) is 14.1. The highest BCUT2D eigenvalue weighted by atomic mass is 32.1. The average molecular weight is 415 g/mol. The molecule has 0 radical (unpaired) electrons. The molecule has 0 amide bonds. The molecule has 29 heavy (non-hydrogen) atoms. The van der Waals surface area contributed by atoms with Crippen molar-refractivity contribution in [3.63, 3.8) is 0 Å². The van der Waals surface area contributed by atoms with E-state index in [2.05, 4.69) is 11.9 Å². The van der Waals surface area contributed by atoms with Crippen molar-refractivity contribution in [2.24, 2.45) is 0 Å². The number of benzene rings is 1. The first-order valence-electron chi connectivity index (χ1n) is 9.98. The number of thiophene rings is 1. The van der Waals surface area contributed by atoms with Gasteiger partial charge < -0.3 is 9.47 Å². The number of esters is 1. The van der Waals surface area contributed by atoms with Crippen molar-refractivity contribution >= 4 is 27.5 Å². The number of nitrogens with zero attached hydrogens (tertiary/aromatic N) is 2. The first kappa shape index (κ1) is 21.0. The monoisotopic (exact) mass is 414 g/mol. The summed E-state index contributed by atoms with van der Waals surface area (Å²) >= 11 is 1.42. The first-order valence-corrected chi connectivity index (χ1v) is 10.9. The van der Waals surface area contributed by atoms with E-state index < -0.39 is 12.0 Å². The molecule has 7 heteroatoms. The third kappa shape index (κ3) is 4.50. The second-order valence-electron chi connectivity index (χ2n) is 6.75. The summed E-state index contributed by atoms with van der Waals surface area (Å²) in [6, 6.07) is 7.01. The Bertz CT molecular complexity index is 1020. The van der Waals surface area contributed by atoms with Gasteiger partial charge in [-0.2, -0.15) is 0 Å². The van der Waals surface area contributed by atoms with Crippen molar-refractivity contribution < 1.29 is 14.3 Å². The Labute approximate surface area is 174 Å². The largest absolute Gasteiger partial charge is 0.494 e. The second-order valence-corrected chi connectivity index (χ2v) is 7.61. The van der Waals surface area contributed by atoms with Gasteiger partial charge in [-0.3, -0.25) is 9.36 Å². The fraction of sp³-hybridized carbons (Fsp3) is 0.409. The van der Waals surface area contributed by atoms with Crippen molar-refractivity contribution in [2.45, 2.75) is 46.1 Å². The highest BCUT2D eigenvalue weighted by Gasteiger charge is 2.23. The minimum absolute atomic E-state index is 0.224. The van der Waals surface area contributed by atoms with Crippen molar-refractivity contribution in [1.29, 1.82) is 0 Å². The number of carbonyl (C=O) groups excluding carboxylic acids is 1. The number of hydrogen-bond acceptors (Lipinski definition) is 6. The highest BCUT2D eigenvalue weighted by Crippen LogP contribution is 2.32. The standard InChI is InChI=1S/C22H26N2O4S/c1-4-11-27-16-9-7-15(8-10-16)17-13-29-20-19(17)21(25)24(14-23-20)18(6-3)22(26)28-12-5-2/h7-10,13-14,18H,4-6,11-12H2,1-3H3. The number of aromatic nitrogens is 2. The van der Waals surface area contributed by atoms with E-state index in [9.17, 15) is 9.59 Å². The van der Waals surface area contributed by atoms with E-state index in [1.807, 2.05) is 43.5 Å². The van der Waals surface area contributed by atoms with Gasteiger partial charge in [0.15, 0.2) is 0 Å². The van der Waals surface area contributed by atoms with E-state index >= 15 is 0 Å². The van der Waals surface area contributed by atoms with Crippen LogP contribution in [0.2, 0.25) is 0 Å². The van der Waals surface area contributed by atoms with Crippen molar-refractivity contribution in [2.75, 3.05) is 13.2 Å². The van der Waals surface area contributed by atoms with E-state index in [1.54, 1.807) is 0 Å². The zero-order valence-corrected chi connectivity index (χ0v) is 17.8. The van der Waals surface area contributed by atoms with Crippen LogP contribution < -0.4 is 10.3 Å². The summed E-state index contributed by atoms with van der Waals surface area (Å²) in [5, 5.41) is 2.46. The fourth-order valence-corrected chi connectivity index (χ4v) is 4.01. The van der Waals surface area contributed by atoms with Gasteiger partial charge in [0.2, 0.25) is 0 Å². The maximum absolute atomic E-state index is 13.3. The average Bonchev–Trinajstić information content (AvgIpc) is 3.18. The van der Waals surface area contributed by atoms with Crippen LogP contribution in [0.1, 0.15) is 46.1 Å². The molecule has 0 aliphatic carbocycles. The summed E-state index contributed by atoms with van der Waals surface area (Å²) in [5.74, 6) is 0.405. The number of hydrogen-bond donors (Lipinski definition) is 0. The molecule has 0 saturated carbocycles. The molecule has 0 aliphatic heterocycles. The highest BCUT2D eigenvalue weighted by molar-refractivity contribution is 7.17. The molecule has 3 aromatic rings. The second kappa shape index (κ2) is 9.69. The Morgan fingerprint density at radius 1 is 1.14 bits per heavy atom. The Kier molecular flexibility index (Phi) is 7.04. The van der Waals surface area contributed by atoms with Gasteiger partial charge in [-0.05, 0) is 37.0 Å². The van der Waals surface area contributed by atoms with Crippen LogP contribution >= 0.6 is 11.3 Å². The number of ether oxygens (including phenoxy) is 2. The van der Waals surface area contributed by atoms with Crippen LogP contribution in [0.5, 0.6) is 5.75 Å². The molecule has 2 heterocycles. The molecule has 0 fully saturated rings. The molecule has 1 unspecified atom stereocenters. The van der Waals surface area contributed by atoms with Crippen LogP contribution in [0.3, 0.4) is 0 Å². The normalized spacial score (nSPS) is 12.1. The number of fused-ring (bicyclic) bond motifs is 1. The summed E-state index contributed by atoms with van der Waals surface area (Å²) < 4.78 is 12.3. The third-order valence-corrected chi connectivity index (χ3v) is 5.49. The SMILES string of the molecule is CCCOC(=O)C(CC)n1cnc2scc(-c3ccc(OCCC)cc3)c2c1=O. The molecule has 3 rings (SSSR count). The predicted octanol–water partition coefficient (Wildman–Crippen LogP) is 4.82. The van der Waals surface area contributed by atoms with Gasteiger partial charge >= 0.3 is 5.97 Å². The Hall–Kier alpha value is -2.67.